The van der Waals surface area contributed by atoms with Gasteiger partial charge in [0.2, 0.25) is 0 Å². The van der Waals surface area contributed by atoms with Gasteiger partial charge in [0.05, 0.1) is 62.4 Å². The van der Waals surface area contributed by atoms with Gasteiger partial charge in [-0.25, -0.2) is 45.2 Å². The minimum Gasteiger partial charge on any atom is -0.361 e. The minimum absolute atomic E-state index is 0.102. The van der Waals surface area contributed by atoms with E-state index in [-0.39, 0.29) is 34.5 Å². The zero-order valence-electron chi connectivity index (χ0n) is 74.9. The van der Waals surface area contributed by atoms with Gasteiger partial charge in [-0.15, -0.1) is 0 Å². The van der Waals surface area contributed by atoms with Crippen LogP contribution in [0.3, 0.4) is 0 Å². The Balaban J connectivity index is 0.000000194. The van der Waals surface area contributed by atoms with Crippen LogP contribution in [0.2, 0.25) is 159 Å². The van der Waals surface area contributed by atoms with Crippen LogP contribution in [0.5, 0.6) is 0 Å². The van der Waals surface area contributed by atoms with Crippen LogP contribution >= 0.6 is 34.2 Å². The molecule has 9 aromatic heterocycles. The summed E-state index contributed by atoms with van der Waals surface area (Å²) in [4.78, 5) is 40.3. The maximum Gasteiger partial charge on any atom is 0.173 e. The molecule has 0 aliphatic carbocycles. The van der Waals surface area contributed by atoms with E-state index in [9.17, 15) is 25.3 Å². The molecular weight excluding hydrogens is 1840 g/mol. The van der Waals surface area contributed by atoms with E-state index < -0.39 is 78.0 Å². The molecule has 122 heavy (non-hydrogen) atoms. The Hall–Kier alpha value is -5.96. The molecule has 12 heterocycles. The normalized spacial score (nSPS) is 16.0. The van der Waals surface area contributed by atoms with Crippen LogP contribution < -0.4 is 29.4 Å². The highest BCUT2D eigenvalue weighted by molar-refractivity contribution is 14.1. The molecule has 0 amide bonds. The lowest BCUT2D eigenvalue weighted by atomic mass is 10.1. The molecule has 0 bridgehead atoms. The Kier molecular flexibility index (Phi) is 34.4. The Bertz CT molecular complexity index is 5140. The average molecular weight is 1980 g/mol. The third-order valence-electron chi connectivity index (χ3n) is 20.8. The van der Waals surface area contributed by atoms with Crippen molar-refractivity contribution in [1.29, 1.82) is 0 Å². The molecular formula is C81H130ClIN18O12S3Si6. The summed E-state index contributed by atoms with van der Waals surface area (Å²) < 4.78 is 116. The van der Waals surface area contributed by atoms with E-state index >= 15 is 0 Å². The van der Waals surface area contributed by atoms with Crippen molar-refractivity contribution in [3.8, 4) is 33.5 Å². The number of pyridine rings is 3. The van der Waals surface area contributed by atoms with Crippen LogP contribution in [0, 0.1) is 3.57 Å². The van der Waals surface area contributed by atoms with Crippen molar-refractivity contribution in [2.75, 3.05) is 183 Å². The lowest BCUT2D eigenvalue weighted by Gasteiger charge is -2.30. The molecule has 0 spiro atoms. The highest BCUT2D eigenvalue weighted by atomic mass is 127. The number of fused-ring (bicyclic) bond motifs is 3. The van der Waals surface area contributed by atoms with E-state index in [2.05, 4.69) is 165 Å². The van der Waals surface area contributed by atoms with Crippen molar-refractivity contribution < 1.29 is 53.7 Å². The minimum atomic E-state index is -3.06. The second kappa shape index (κ2) is 42.8. The van der Waals surface area contributed by atoms with Gasteiger partial charge in [0.15, 0.2) is 46.5 Å². The lowest BCUT2D eigenvalue weighted by molar-refractivity contribution is 0.0941. The second-order valence-electron chi connectivity index (χ2n) is 38.9. The third-order valence-corrected chi connectivity index (χ3v) is 36.8. The number of hydrogen-bond donors (Lipinski definition) is 0. The first kappa shape index (κ1) is 98.2. The van der Waals surface area contributed by atoms with E-state index in [1.165, 1.54) is 0 Å². The summed E-state index contributed by atoms with van der Waals surface area (Å²) in [6.07, 6.45) is 12.5. The molecule has 41 heteroatoms. The van der Waals surface area contributed by atoms with E-state index in [0.717, 1.165) is 102 Å². The highest BCUT2D eigenvalue weighted by Gasteiger charge is 2.32. The van der Waals surface area contributed by atoms with Gasteiger partial charge in [0.1, 0.15) is 80.4 Å². The molecule has 0 N–H and O–H groups in total. The molecule has 3 aliphatic rings. The number of aromatic nitrogens is 12. The summed E-state index contributed by atoms with van der Waals surface area (Å²) in [5.41, 5.74) is 7.17. The quantitative estimate of drug-likeness (QED) is 0.0114. The zero-order valence-corrected chi connectivity index (χ0v) is 86.2. The summed E-state index contributed by atoms with van der Waals surface area (Å²) >= 11 is 8.29. The van der Waals surface area contributed by atoms with Crippen LogP contribution in [0.4, 0.5) is 34.9 Å². The van der Waals surface area contributed by atoms with Crippen molar-refractivity contribution in [3.05, 3.63) is 107 Å². The van der Waals surface area contributed by atoms with Crippen molar-refractivity contribution in [2.45, 2.75) is 154 Å². The van der Waals surface area contributed by atoms with Crippen molar-refractivity contribution in [2.24, 2.45) is 0 Å². The van der Waals surface area contributed by atoms with Gasteiger partial charge in [-0.2, -0.15) is 28.8 Å². The Labute approximate surface area is 747 Å². The van der Waals surface area contributed by atoms with Crippen molar-refractivity contribution in [3.63, 3.8) is 0 Å². The smallest absolute Gasteiger partial charge is 0.173 e. The van der Waals surface area contributed by atoms with E-state index in [1.54, 1.807) is 41.6 Å². The monoisotopic (exact) mass is 1970 g/mol. The molecule has 3 aliphatic heterocycles. The molecule has 672 valence electrons. The number of sulfone groups is 3. The van der Waals surface area contributed by atoms with Gasteiger partial charge in [-0.05, 0) is 89.2 Å². The molecule has 3 saturated heterocycles. The van der Waals surface area contributed by atoms with E-state index in [0.29, 0.717) is 147 Å². The standard InChI is InChI=1S/C32H47N7O4SSi2.C27H43ClN6O4SSi2.C22H40IN5O4SSi2/c1-45(2,3)18-14-42-24-38(25-43-15-19-46(4,5)6)31-20-30(37-12-16-44(40,41)17-13-37)36-32-28(23-35-39(31)32)26-9-10-29(34-22-26)27-8-7-11-33-21-27;1-40(2,3)15-11-37-20-33(21-38-12-16-41(4,5)6)26-17-25(32-9-13-39(35,36)14-10-32)31-27-23(19-30-34(26)27)22-7-8-24(28)29-18-22;1-34(2,3)13-9-31-17-27(18-32-10-14-35(4,5)6)21-15-20(25-22-19(23)16-24-28(21)22)26-7-11-33(29,30)12-8-26/h7-11,20-23H,12-19,24-25H2,1-6H3;7-8,17-19H,9-16,20-21H2,1-6H3;15-16H,7-14,17-18H2,1-6H3. The summed E-state index contributed by atoms with van der Waals surface area (Å²) in [6.45, 7) is 50.8. The number of nitrogens with zero attached hydrogens (tertiary/aromatic N) is 18. The van der Waals surface area contributed by atoms with Crippen LogP contribution in [0.25, 0.3) is 50.5 Å². The lowest BCUT2D eigenvalue weighted by Crippen LogP contribution is -2.41. The topological polar surface area (TPSA) is 306 Å². The zero-order chi connectivity index (χ0) is 88.6. The number of hydrogen-bond acceptors (Lipinski definition) is 27. The third kappa shape index (κ3) is 30.9. The van der Waals surface area contributed by atoms with Crippen LogP contribution in [-0.4, -0.2) is 286 Å². The van der Waals surface area contributed by atoms with E-state index in [1.807, 2.05) is 89.6 Å². The molecule has 0 aromatic carbocycles. The van der Waals surface area contributed by atoms with Crippen LogP contribution in [-0.2, 0) is 57.9 Å². The predicted octanol–water partition coefficient (Wildman–Crippen LogP) is 14.6. The van der Waals surface area contributed by atoms with Crippen molar-refractivity contribution in [1.82, 2.24) is 58.7 Å². The first-order valence-electron chi connectivity index (χ1n) is 42.1. The molecule has 3 fully saturated rings. The first-order valence-corrected chi connectivity index (χ1v) is 71.3. The predicted molar refractivity (Wildman–Crippen MR) is 520 cm³/mol. The number of anilines is 6. The summed E-state index contributed by atoms with van der Waals surface area (Å²) in [6, 6.07) is 23.9. The highest BCUT2D eigenvalue weighted by Crippen LogP contribution is 2.35. The Morgan fingerprint density at radius 1 is 0.377 bits per heavy atom. The van der Waals surface area contributed by atoms with Gasteiger partial charge >= 0.3 is 0 Å². The number of rotatable bonds is 39. The molecule has 0 unspecified atom stereocenters. The first-order chi connectivity index (χ1) is 57.2. The Morgan fingerprint density at radius 2 is 0.680 bits per heavy atom. The SMILES string of the molecule is C[Si](C)(C)CCOCN(COCC[Si](C)(C)C)c1cc(N2CCS(=O)(=O)CC2)nc2c(-c3ccc(-c4cccnc4)nc3)cnn12.C[Si](C)(C)CCOCN(COCC[Si](C)(C)C)c1cc(N2CCS(=O)(=O)CC2)nc2c(-c3ccc(Cl)nc3)cnn12.C[Si](C)(C)CCOCN(COCC[Si](C)(C)C)c1cc(N2CCS(=O)(=O)CC2)nc2c(I)cnn12. The van der Waals surface area contributed by atoms with Gasteiger partial charge in [0, 0.05) is 198 Å². The number of halogens is 2. The molecule has 9 aromatic rings. The van der Waals surface area contributed by atoms with E-state index in [4.69, 9.17) is 70.2 Å². The molecule has 0 atom stereocenters. The average Bonchev–Trinajstić information content (AvgIpc) is 1.60. The summed E-state index contributed by atoms with van der Waals surface area (Å²) in [5, 5.41) is 14.5. The fraction of sp³-hybridized carbons (Fsp3) is 0.593. The van der Waals surface area contributed by atoms with Crippen LogP contribution in [0.1, 0.15) is 0 Å². The molecule has 30 nitrogen and oxygen atoms in total. The fourth-order valence-electron chi connectivity index (χ4n) is 12.8. The molecule has 0 saturated carbocycles. The summed E-state index contributed by atoms with van der Waals surface area (Å²) in [5.74, 6) is 5.25. The summed E-state index contributed by atoms with van der Waals surface area (Å²) in [7, 11) is -16.5. The van der Waals surface area contributed by atoms with Crippen LogP contribution in [0.15, 0.2) is 98.0 Å². The van der Waals surface area contributed by atoms with Gasteiger partial charge in [-0.3, -0.25) is 9.97 Å². The molecule has 0 radical (unpaired) electrons. The van der Waals surface area contributed by atoms with Gasteiger partial charge in [-0.1, -0.05) is 136 Å². The second-order valence-corrected chi connectivity index (χ2v) is 81.1. The molecule has 12 rings (SSSR count). The largest absolute Gasteiger partial charge is 0.361 e. The fourth-order valence-corrected chi connectivity index (χ4v) is 21.5. The maximum atomic E-state index is 12.3. The van der Waals surface area contributed by atoms with Crippen molar-refractivity contribution >= 4 is 164 Å². The van der Waals surface area contributed by atoms with Gasteiger partial charge in [0.25, 0.3) is 0 Å². The number of ether oxygens (including phenoxy) is 6. The van der Waals surface area contributed by atoms with Gasteiger partial charge < -0.3 is 57.8 Å². The maximum absolute atomic E-state index is 12.3. The Morgan fingerprint density at radius 3 is 0.967 bits per heavy atom.